The van der Waals surface area contributed by atoms with E-state index in [-0.39, 0.29) is 11.6 Å². The molecule has 3 aromatic rings. The van der Waals surface area contributed by atoms with Crippen molar-refractivity contribution in [3.63, 3.8) is 0 Å². The largest absolute Gasteiger partial charge is 0.304 e. The highest BCUT2D eigenvalue weighted by atomic mass is 16.1. The van der Waals surface area contributed by atoms with Crippen molar-refractivity contribution in [2.75, 3.05) is 33.2 Å². The van der Waals surface area contributed by atoms with E-state index in [0.29, 0.717) is 17.6 Å². The second-order valence-corrected chi connectivity index (χ2v) is 7.62. The van der Waals surface area contributed by atoms with Crippen LogP contribution in [0.15, 0.2) is 41.3 Å². The average molecular weight is 380 g/mol. The number of likely N-dealkylation sites (N-methyl/N-ethyl adjacent to an activating group) is 1. The second-order valence-electron chi connectivity index (χ2n) is 7.62. The highest BCUT2D eigenvalue weighted by Gasteiger charge is 2.28. The Kier molecular flexibility index (Phi) is 5.54. The lowest BCUT2D eigenvalue weighted by Crippen LogP contribution is -2.47. The van der Waals surface area contributed by atoms with E-state index >= 15 is 0 Å². The Hall–Kier alpha value is -2.51. The van der Waals surface area contributed by atoms with E-state index in [1.807, 2.05) is 22.8 Å². The molecule has 0 radical (unpaired) electrons. The van der Waals surface area contributed by atoms with Crippen molar-refractivity contribution in [3.05, 3.63) is 58.3 Å². The number of aromatic nitrogens is 4. The number of H-pyrrole nitrogens is 1. The average Bonchev–Trinajstić information content (AvgIpc) is 3.19. The Balaban J connectivity index is 1.80. The fourth-order valence-electron chi connectivity index (χ4n) is 4.00. The van der Waals surface area contributed by atoms with Gasteiger partial charge >= 0.3 is 0 Å². The molecule has 0 spiro atoms. The summed E-state index contributed by atoms with van der Waals surface area (Å²) in [6.45, 7) is 6.77. The smallest absolute Gasteiger partial charge is 0.265 e. The summed E-state index contributed by atoms with van der Waals surface area (Å²) >= 11 is 0. The molecular weight excluding hydrogens is 352 g/mol. The van der Waals surface area contributed by atoms with Gasteiger partial charge in [-0.15, -0.1) is 0 Å². The molecule has 28 heavy (non-hydrogen) atoms. The van der Waals surface area contributed by atoms with Crippen LogP contribution in [0.25, 0.3) is 11.0 Å². The SMILES string of the molecule is CCCC(c1nc2[nH]ncc2c(=O)n1Cc1ccccc1)N1CCN(C)CC1. The minimum absolute atomic E-state index is 0.0205. The first kappa shape index (κ1) is 18.8. The molecule has 1 N–H and O–H groups in total. The molecule has 1 aliphatic rings. The summed E-state index contributed by atoms with van der Waals surface area (Å²) in [6, 6.07) is 10.3. The Morgan fingerprint density at radius 1 is 1.14 bits per heavy atom. The number of nitrogens with zero attached hydrogens (tertiary/aromatic N) is 5. The number of piperazine rings is 1. The molecular formula is C21H28N6O. The number of hydrogen-bond acceptors (Lipinski definition) is 5. The van der Waals surface area contributed by atoms with Crippen molar-refractivity contribution in [3.8, 4) is 0 Å². The van der Waals surface area contributed by atoms with Crippen molar-refractivity contribution in [1.82, 2.24) is 29.5 Å². The first-order chi connectivity index (χ1) is 13.7. The molecule has 1 aliphatic heterocycles. The van der Waals surface area contributed by atoms with Gasteiger partial charge in [0.1, 0.15) is 11.2 Å². The second kappa shape index (κ2) is 8.24. The molecule has 4 rings (SSSR count). The maximum atomic E-state index is 13.3. The lowest BCUT2D eigenvalue weighted by atomic mass is 10.1. The molecule has 3 heterocycles. The van der Waals surface area contributed by atoms with Crippen LogP contribution < -0.4 is 5.56 Å². The number of aromatic amines is 1. The van der Waals surface area contributed by atoms with E-state index in [0.717, 1.165) is 50.4 Å². The van der Waals surface area contributed by atoms with Crippen molar-refractivity contribution in [2.24, 2.45) is 0 Å². The van der Waals surface area contributed by atoms with Crippen molar-refractivity contribution < 1.29 is 0 Å². The van der Waals surface area contributed by atoms with E-state index in [4.69, 9.17) is 4.98 Å². The molecule has 0 aliphatic carbocycles. The Bertz CT molecular complexity index is 971. The normalized spacial score (nSPS) is 17.2. The summed E-state index contributed by atoms with van der Waals surface area (Å²) in [5, 5.41) is 7.51. The van der Waals surface area contributed by atoms with Gasteiger partial charge in [-0.2, -0.15) is 5.10 Å². The third-order valence-corrected chi connectivity index (χ3v) is 5.62. The molecule has 0 bridgehead atoms. The Morgan fingerprint density at radius 2 is 1.89 bits per heavy atom. The lowest BCUT2D eigenvalue weighted by Gasteiger charge is -2.38. The standard InChI is InChI=1S/C21H28N6O/c1-3-7-18(26-12-10-25(2)11-13-26)20-23-19-17(14-22-24-19)21(28)27(20)15-16-8-5-4-6-9-16/h4-6,8-9,14,18H,3,7,10-13,15H2,1-2H3,(H,22,24). The van der Waals surface area contributed by atoms with Crippen molar-refractivity contribution in [1.29, 1.82) is 0 Å². The highest BCUT2D eigenvalue weighted by Crippen LogP contribution is 2.26. The van der Waals surface area contributed by atoms with Gasteiger partial charge in [0.2, 0.25) is 0 Å². The molecule has 1 unspecified atom stereocenters. The van der Waals surface area contributed by atoms with E-state index < -0.39 is 0 Å². The van der Waals surface area contributed by atoms with Crippen LogP contribution in [0.3, 0.4) is 0 Å². The summed E-state index contributed by atoms with van der Waals surface area (Å²) in [7, 11) is 2.16. The molecule has 1 atom stereocenters. The molecule has 7 nitrogen and oxygen atoms in total. The lowest BCUT2D eigenvalue weighted by molar-refractivity contribution is 0.0997. The first-order valence-corrected chi connectivity index (χ1v) is 10.1. The molecule has 148 valence electrons. The topological polar surface area (TPSA) is 70.0 Å². The zero-order valence-corrected chi connectivity index (χ0v) is 16.6. The monoisotopic (exact) mass is 380 g/mol. The van der Waals surface area contributed by atoms with Crippen molar-refractivity contribution >= 4 is 11.0 Å². The van der Waals surface area contributed by atoms with Crippen LogP contribution in [-0.4, -0.2) is 62.8 Å². The zero-order valence-electron chi connectivity index (χ0n) is 16.6. The van der Waals surface area contributed by atoms with Gasteiger partial charge in [0.15, 0.2) is 5.65 Å². The van der Waals surface area contributed by atoms with Crippen LogP contribution in [0.5, 0.6) is 0 Å². The van der Waals surface area contributed by atoms with Gasteiger partial charge in [0.25, 0.3) is 5.56 Å². The fraction of sp³-hybridized carbons (Fsp3) is 0.476. The van der Waals surface area contributed by atoms with Gasteiger partial charge in [-0.05, 0) is 19.0 Å². The molecule has 1 aromatic carbocycles. The first-order valence-electron chi connectivity index (χ1n) is 10.1. The summed E-state index contributed by atoms with van der Waals surface area (Å²) in [5.41, 5.74) is 1.66. The van der Waals surface area contributed by atoms with Crippen molar-refractivity contribution in [2.45, 2.75) is 32.4 Å². The third-order valence-electron chi connectivity index (χ3n) is 5.62. The number of rotatable bonds is 6. The molecule has 0 amide bonds. The maximum Gasteiger partial charge on any atom is 0.265 e. The van der Waals surface area contributed by atoms with Crippen LogP contribution in [0, 0.1) is 0 Å². The molecule has 2 aromatic heterocycles. The third kappa shape index (κ3) is 3.72. The number of fused-ring (bicyclic) bond motifs is 1. The van der Waals surface area contributed by atoms with E-state index in [9.17, 15) is 4.79 Å². The van der Waals surface area contributed by atoms with Gasteiger partial charge in [-0.25, -0.2) is 4.98 Å². The minimum Gasteiger partial charge on any atom is -0.304 e. The van der Waals surface area contributed by atoms with Gasteiger partial charge in [0.05, 0.1) is 18.8 Å². The molecule has 1 fully saturated rings. The minimum atomic E-state index is -0.0205. The quantitative estimate of drug-likeness (QED) is 0.710. The molecule has 0 saturated carbocycles. The molecule has 7 heteroatoms. The van der Waals surface area contributed by atoms with Crippen LogP contribution in [0.1, 0.15) is 37.2 Å². The number of nitrogens with one attached hydrogen (secondary N) is 1. The van der Waals surface area contributed by atoms with Gasteiger partial charge in [0, 0.05) is 26.2 Å². The highest BCUT2D eigenvalue weighted by molar-refractivity contribution is 5.72. The van der Waals surface area contributed by atoms with E-state index in [1.54, 1.807) is 6.20 Å². The maximum absolute atomic E-state index is 13.3. The Labute approximate surface area is 165 Å². The molecule has 1 saturated heterocycles. The fourth-order valence-corrected chi connectivity index (χ4v) is 4.00. The predicted molar refractivity (Wildman–Crippen MR) is 110 cm³/mol. The summed E-state index contributed by atoms with van der Waals surface area (Å²) in [5.74, 6) is 0.844. The van der Waals surface area contributed by atoms with Gasteiger partial charge in [-0.1, -0.05) is 43.7 Å². The van der Waals surface area contributed by atoms with Gasteiger partial charge < -0.3 is 4.90 Å². The predicted octanol–water partition coefficient (Wildman–Crippen LogP) is 2.26. The summed E-state index contributed by atoms with van der Waals surface area (Å²) in [4.78, 5) is 23.0. The van der Waals surface area contributed by atoms with E-state index in [1.165, 1.54) is 0 Å². The summed E-state index contributed by atoms with van der Waals surface area (Å²) in [6.07, 6.45) is 3.60. The zero-order chi connectivity index (χ0) is 19.5. The van der Waals surface area contributed by atoms with Crippen LogP contribution >= 0.6 is 0 Å². The number of benzene rings is 1. The van der Waals surface area contributed by atoms with Crippen LogP contribution in [0.4, 0.5) is 0 Å². The van der Waals surface area contributed by atoms with Gasteiger partial charge in [-0.3, -0.25) is 19.4 Å². The van der Waals surface area contributed by atoms with E-state index in [2.05, 4.69) is 46.1 Å². The van der Waals surface area contributed by atoms with Crippen LogP contribution in [0.2, 0.25) is 0 Å². The number of hydrogen-bond donors (Lipinski definition) is 1. The summed E-state index contributed by atoms with van der Waals surface area (Å²) < 4.78 is 1.85. The Morgan fingerprint density at radius 3 is 2.61 bits per heavy atom. The van der Waals surface area contributed by atoms with Crippen LogP contribution in [-0.2, 0) is 6.54 Å².